The highest BCUT2D eigenvalue weighted by Gasteiger charge is 2.36. The van der Waals surface area contributed by atoms with Crippen molar-refractivity contribution in [2.75, 3.05) is 26.7 Å². The van der Waals surface area contributed by atoms with Gasteiger partial charge in [0.1, 0.15) is 0 Å². The molecule has 1 saturated carbocycles. The molecule has 0 spiro atoms. The van der Waals surface area contributed by atoms with Crippen LogP contribution in [0.25, 0.3) is 0 Å². The first-order valence-corrected chi connectivity index (χ1v) is 8.60. The van der Waals surface area contributed by atoms with E-state index >= 15 is 0 Å². The van der Waals surface area contributed by atoms with Crippen molar-refractivity contribution in [1.82, 2.24) is 10.2 Å². The number of carbonyl (C=O) groups excluding carboxylic acids is 1. The van der Waals surface area contributed by atoms with Crippen LogP contribution in [0, 0.1) is 11.7 Å². The van der Waals surface area contributed by atoms with Gasteiger partial charge in [0.05, 0.1) is 25.8 Å². The van der Waals surface area contributed by atoms with Crippen LogP contribution < -0.4 is 10.1 Å². The first-order chi connectivity index (χ1) is 11.6. The molecule has 1 aliphatic carbocycles. The lowest BCUT2D eigenvalue weighted by Crippen LogP contribution is -2.44. The standard InChI is InChI=1S/C18H25FN2O3/c1-24-16-5-4-12(10-15(16)19)18(13-8-14(22)9-13)20-17(23)11-21-6-2-3-7-21/h4-5,10,13-14,18,22H,2-3,6-9,11H2,1H3,(H,20,23). The van der Waals surface area contributed by atoms with E-state index in [2.05, 4.69) is 10.2 Å². The van der Waals surface area contributed by atoms with Crippen LogP contribution in [0.15, 0.2) is 18.2 Å². The Morgan fingerprint density at radius 3 is 2.71 bits per heavy atom. The molecule has 3 rings (SSSR count). The summed E-state index contributed by atoms with van der Waals surface area (Å²) in [7, 11) is 1.43. The summed E-state index contributed by atoms with van der Waals surface area (Å²) < 4.78 is 19.0. The van der Waals surface area contributed by atoms with Gasteiger partial charge in [-0.25, -0.2) is 4.39 Å². The Balaban J connectivity index is 1.71. The molecule has 1 saturated heterocycles. The number of halogens is 1. The molecule has 0 bridgehead atoms. The van der Waals surface area contributed by atoms with Gasteiger partial charge in [-0.2, -0.15) is 0 Å². The van der Waals surface area contributed by atoms with Crippen LogP contribution in [0.1, 0.15) is 37.3 Å². The maximum atomic E-state index is 14.0. The molecule has 2 aliphatic rings. The maximum Gasteiger partial charge on any atom is 0.234 e. The van der Waals surface area contributed by atoms with Crippen molar-refractivity contribution >= 4 is 5.91 Å². The number of hydrogen-bond acceptors (Lipinski definition) is 4. The maximum absolute atomic E-state index is 14.0. The topological polar surface area (TPSA) is 61.8 Å². The van der Waals surface area contributed by atoms with Crippen molar-refractivity contribution < 1.29 is 19.0 Å². The van der Waals surface area contributed by atoms with Crippen molar-refractivity contribution in [2.24, 2.45) is 5.92 Å². The lowest BCUT2D eigenvalue weighted by atomic mass is 9.75. The number of amides is 1. The molecule has 24 heavy (non-hydrogen) atoms. The SMILES string of the molecule is COc1ccc(C(NC(=O)CN2CCCC2)C2CC(O)C2)cc1F. The Bertz CT molecular complexity index is 584. The molecule has 0 aromatic heterocycles. The predicted molar refractivity (Wildman–Crippen MR) is 88.2 cm³/mol. The van der Waals surface area contributed by atoms with E-state index in [9.17, 15) is 14.3 Å². The fourth-order valence-corrected chi connectivity index (χ4v) is 3.61. The van der Waals surface area contributed by atoms with Gasteiger partial charge in [-0.15, -0.1) is 0 Å². The summed E-state index contributed by atoms with van der Waals surface area (Å²) in [5.74, 6) is -0.155. The first kappa shape index (κ1) is 17.2. The van der Waals surface area contributed by atoms with E-state index in [1.807, 2.05) is 0 Å². The van der Waals surface area contributed by atoms with E-state index in [0.29, 0.717) is 19.4 Å². The van der Waals surface area contributed by atoms with Crippen LogP contribution in [0.3, 0.4) is 0 Å². The number of rotatable bonds is 6. The van der Waals surface area contributed by atoms with Crippen molar-refractivity contribution in [3.8, 4) is 5.75 Å². The lowest BCUT2D eigenvalue weighted by Gasteiger charge is -2.38. The number of ether oxygens (including phenoxy) is 1. The summed E-state index contributed by atoms with van der Waals surface area (Å²) in [6, 6.07) is 4.51. The Kier molecular flexibility index (Phi) is 5.36. The molecule has 132 valence electrons. The quantitative estimate of drug-likeness (QED) is 0.832. The smallest absolute Gasteiger partial charge is 0.234 e. The van der Waals surface area contributed by atoms with Crippen LogP contribution in [-0.4, -0.2) is 48.8 Å². The highest BCUT2D eigenvalue weighted by molar-refractivity contribution is 5.78. The van der Waals surface area contributed by atoms with Gasteiger partial charge in [-0.1, -0.05) is 6.07 Å². The first-order valence-electron chi connectivity index (χ1n) is 8.60. The van der Waals surface area contributed by atoms with Gasteiger partial charge in [0.2, 0.25) is 5.91 Å². The van der Waals surface area contributed by atoms with E-state index in [-0.39, 0.29) is 29.7 Å². The number of nitrogens with zero attached hydrogens (tertiary/aromatic N) is 1. The lowest BCUT2D eigenvalue weighted by molar-refractivity contribution is -0.124. The Hall–Kier alpha value is -1.66. The van der Waals surface area contributed by atoms with Gasteiger partial charge < -0.3 is 15.2 Å². The molecule has 0 radical (unpaired) electrons. The fourth-order valence-electron chi connectivity index (χ4n) is 3.61. The van der Waals surface area contributed by atoms with Crippen molar-refractivity contribution in [2.45, 2.75) is 37.8 Å². The Morgan fingerprint density at radius 1 is 1.42 bits per heavy atom. The summed E-state index contributed by atoms with van der Waals surface area (Å²) in [6.07, 6.45) is 3.20. The minimum atomic E-state index is -0.436. The van der Waals surface area contributed by atoms with E-state index in [0.717, 1.165) is 31.5 Å². The van der Waals surface area contributed by atoms with Crippen LogP contribution >= 0.6 is 0 Å². The second-order valence-corrected chi connectivity index (χ2v) is 6.81. The molecular weight excluding hydrogens is 311 g/mol. The predicted octanol–water partition coefficient (Wildman–Crippen LogP) is 1.86. The van der Waals surface area contributed by atoms with Gasteiger partial charge in [0, 0.05) is 0 Å². The molecule has 1 unspecified atom stereocenters. The molecule has 6 heteroatoms. The van der Waals surface area contributed by atoms with Gasteiger partial charge in [0.25, 0.3) is 0 Å². The molecule has 1 amide bonds. The minimum absolute atomic E-state index is 0.0421. The largest absolute Gasteiger partial charge is 0.494 e. The number of methoxy groups -OCH3 is 1. The summed E-state index contributed by atoms with van der Waals surface area (Å²) in [4.78, 5) is 14.5. The second-order valence-electron chi connectivity index (χ2n) is 6.81. The van der Waals surface area contributed by atoms with Gasteiger partial charge in [-0.05, 0) is 62.4 Å². The third-order valence-electron chi connectivity index (χ3n) is 5.04. The Morgan fingerprint density at radius 2 is 2.12 bits per heavy atom. The van der Waals surface area contributed by atoms with Crippen LogP contribution in [0.4, 0.5) is 4.39 Å². The van der Waals surface area contributed by atoms with Crippen LogP contribution in [0.5, 0.6) is 5.75 Å². The molecule has 1 aromatic rings. The average Bonchev–Trinajstić information content (AvgIpc) is 3.02. The number of aliphatic hydroxyl groups excluding tert-OH is 1. The zero-order valence-corrected chi connectivity index (χ0v) is 14.0. The third-order valence-corrected chi connectivity index (χ3v) is 5.04. The van der Waals surface area contributed by atoms with Gasteiger partial charge in [-0.3, -0.25) is 9.69 Å². The molecule has 1 aromatic carbocycles. The number of hydrogen-bond donors (Lipinski definition) is 2. The van der Waals surface area contributed by atoms with Crippen molar-refractivity contribution in [1.29, 1.82) is 0 Å². The van der Waals surface area contributed by atoms with Gasteiger partial charge in [0.15, 0.2) is 11.6 Å². The van der Waals surface area contributed by atoms with E-state index in [4.69, 9.17) is 4.74 Å². The summed E-state index contributed by atoms with van der Waals surface area (Å²) in [5.41, 5.74) is 0.722. The number of nitrogens with one attached hydrogen (secondary N) is 1. The van der Waals surface area contributed by atoms with E-state index < -0.39 is 5.82 Å². The Labute approximate surface area is 141 Å². The molecule has 1 heterocycles. The second kappa shape index (κ2) is 7.49. The normalized spacial score (nSPS) is 25.1. The highest BCUT2D eigenvalue weighted by atomic mass is 19.1. The summed E-state index contributed by atoms with van der Waals surface area (Å²) in [6.45, 7) is 2.29. The molecule has 2 N–H and O–H groups in total. The molecular formula is C18H25FN2O3. The third kappa shape index (κ3) is 3.87. The number of aliphatic hydroxyl groups is 1. The average molecular weight is 336 g/mol. The number of likely N-dealkylation sites (tertiary alicyclic amines) is 1. The minimum Gasteiger partial charge on any atom is -0.494 e. The molecule has 1 atom stereocenters. The summed E-state index contributed by atoms with van der Waals surface area (Å²) >= 11 is 0. The molecule has 5 nitrogen and oxygen atoms in total. The van der Waals surface area contributed by atoms with Crippen LogP contribution in [-0.2, 0) is 4.79 Å². The van der Waals surface area contributed by atoms with Crippen molar-refractivity contribution in [3.05, 3.63) is 29.6 Å². The van der Waals surface area contributed by atoms with Crippen molar-refractivity contribution in [3.63, 3.8) is 0 Å². The number of benzene rings is 1. The molecule has 1 aliphatic heterocycles. The summed E-state index contributed by atoms with van der Waals surface area (Å²) in [5, 5.41) is 12.6. The van der Waals surface area contributed by atoms with Crippen LogP contribution in [0.2, 0.25) is 0 Å². The fraction of sp³-hybridized carbons (Fsp3) is 0.611. The zero-order chi connectivity index (χ0) is 17.1. The number of carbonyl (C=O) groups is 1. The van der Waals surface area contributed by atoms with Gasteiger partial charge >= 0.3 is 0 Å². The van der Waals surface area contributed by atoms with E-state index in [1.165, 1.54) is 13.2 Å². The monoisotopic (exact) mass is 336 g/mol. The van der Waals surface area contributed by atoms with E-state index in [1.54, 1.807) is 12.1 Å². The highest BCUT2D eigenvalue weighted by Crippen LogP contribution is 2.38. The zero-order valence-electron chi connectivity index (χ0n) is 14.0. The molecule has 2 fully saturated rings.